The number of hydrogen-bond acceptors (Lipinski definition) is 2. The molecule has 21 heavy (non-hydrogen) atoms. The zero-order valence-electron chi connectivity index (χ0n) is 13.0. The van der Waals surface area contributed by atoms with Crippen molar-refractivity contribution in [3.63, 3.8) is 0 Å². The highest BCUT2D eigenvalue weighted by molar-refractivity contribution is 6.03. The number of rotatable bonds is 6. The molecule has 116 valence electrons. The third-order valence-corrected chi connectivity index (χ3v) is 4.82. The lowest BCUT2D eigenvalue weighted by Gasteiger charge is -2.37. The van der Waals surface area contributed by atoms with E-state index in [0.717, 1.165) is 44.9 Å². The van der Waals surface area contributed by atoms with Crippen molar-refractivity contribution in [3.05, 3.63) is 29.1 Å². The first-order valence-electron chi connectivity index (χ1n) is 8.11. The molecule has 0 aromatic heterocycles. The van der Waals surface area contributed by atoms with Gasteiger partial charge in [-0.2, -0.15) is 0 Å². The van der Waals surface area contributed by atoms with Crippen LogP contribution in [0.1, 0.15) is 74.7 Å². The molecule has 3 heteroatoms. The number of unbranched alkanes of at least 4 members (excludes halogenated alkanes) is 2. The van der Waals surface area contributed by atoms with E-state index in [1.165, 1.54) is 12.1 Å². The van der Waals surface area contributed by atoms with E-state index in [9.17, 15) is 14.3 Å². The largest absolute Gasteiger partial charge is 0.508 e. The maximum atomic E-state index is 14.2. The predicted molar refractivity (Wildman–Crippen MR) is 82.2 cm³/mol. The molecule has 0 atom stereocenters. The number of hydrogen-bond donors (Lipinski definition) is 1. The molecule has 0 unspecified atom stereocenters. The minimum atomic E-state index is -0.482. The van der Waals surface area contributed by atoms with Crippen molar-refractivity contribution in [2.24, 2.45) is 5.41 Å². The minimum absolute atomic E-state index is 0.0549. The minimum Gasteiger partial charge on any atom is -0.508 e. The number of Topliss-reactive ketones (excluding diaryl/α,β-unsaturated/α-hetero) is 1. The fraction of sp³-hybridized carbons (Fsp3) is 0.611. The van der Waals surface area contributed by atoms with Gasteiger partial charge in [-0.3, -0.25) is 4.79 Å². The Balaban J connectivity index is 2.41. The van der Waals surface area contributed by atoms with Gasteiger partial charge in [0.1, 0.15) is 11.6 Å². The van der Waals surface area contributed by atoms with Gasteiger partial charge in [0.15, 0.2) is 5.78 Å². The molecule has 0 spiro atoms. The first-order valence-corrected chi connectivity index (χ1v) is 8.11. The van der Waals surface area contributed by atoms with E-state index in [-0.39, 0.29) is 17.1 Å². The van der Waals surface area contributed by atoms with Crippen molar-refractivity contribution in [2.75, 3.05) is 0 Å². The molecule has 1 aliphatic rings. The highest BCUT2D eigenvalue weighted by atomic mass is 19.1. The lowest BCUT2D eigenvalue weighted by molar-refractivity contribution is 0.0700. The number of phenolic OH excluding ortho intramolecular Hbond substituents is 1. The van der Waals surface area contributed by atoms with Gasteiger partial charge >= 0.3 is 0 Å². The molecule has 0 radical (unpaired) electrons. The Morgan fingerprint density at radius 2 is 1.81 bits per heavy atom. The SMILES string of the molecule is CCCCC1(CCCC)CCc2c(O)ccc(F)c2C1=O. The molecule has 1 N–H and O–H groups in total. The first-order chi connectivity index (χ1) is 10.1. The van der Waals surface area contributed by atoms with Crippen LogP contribution in [0.2, 0.25) is 0 Å². The molecular weight excluding hydrogens is 267 g/mol. The molecule has 0 saturated carbocycles. The van der Waals surface area contributed by atoms with Crippen LogP contribution in [-0.4, -0.2) is 10.9 Å². The number of halogens is 1. The smallest absolute Gasteiger partial charge is 0.172 e. The summed E-state index contributed by atoms with van der Waals surface area (Å²) in [6.45, 7) is 4.22. The average Bonchev–Trinajstić information content (AvgIpc) is 2.49. The van der Waals surface area contributed by atoms with Gasteiger partial charge in [-0.05, 0) is 37.8 Å². The van der Waals surface area contributed by atoms with Gasteiger partial charge in [0.25, 0.3) is 0 Å². The Labute approximate surface area is 126 Å². The van der Waals surface area contributed by atoms with Gasteiger partial charge in [-0.25, -0.2) is 4.39 Å². The van der Waals surface area contributed by atoms with E-state index in [1.54, 1.807) is 0 Å². The van der Waals surface area contributed by atoms with Gasteiger partial charge in [0, 0.05) is 11.0 Å². The normalized spacial score (nSPS) is 16.8. The van der Waals surface area contributed by atoms with Crippen LogP contribution < -0.4 is 0 Å². The molecule has 1 aliphatic carbocycles. The van der Waals surface area contributed by atoms with Crippen LogP contribution in [0.15, 0.2) is 12.1 Å². The van der Waals surface area contributed by atoms with Crippen molar-refractivity contribution in [1.29, 1.82) is 0 Å². The molecule has 0 amide bonds. The Morgan fingerprint density at radius 3 is 2.38 bits per heavy atom. The summed E-state index contributed by atoms with van der Waals surface area (Å²) in [5, 5.41) is 9.90. The van der Waals surface area contributed by atoms with E-state index in [4.69, 9.17) is 0 Å². The fourth-order valence-corrected chi connectivity index (χ4v) is 3.48. The standard InChI is InChI=1S/C18H25FO2/c1-3-5-10-18(11-6-4-2)12-9-13-15(20)8-7-14(19)16(13)17(18)21/h7-8,20H,3-6,9-12H2,1-2H3. The van der Waals surface area contributed by atoms with Crippen molar-refractivity contribution in [1.82, 2.24) is 0 Å². The van der Waals surface area contributed by atoms with E-state index < -0.39 is 11.2 Å². The Hall–Kier alpha value is -1.38. The first kappa shape index (κ1) is 16.0. The summed E-state index contributed by atoms with van der Waals surface area (Å²) in [6, 6.07) is 2.56. The highest BCUT2D eigenvalue weighted by Gasteiger charge is 2.43. The highest BCUT2D eigenvalue weighted by Crippen LogP contribution is 2.45. The van der Waals surface area contributed by atoms with Crippen LogP contribution in [0, 0.1) is 11.2 Å². The number of benzene rings is 1. The molecule has 0 aliphatic heterocycles. The number of ketones is 1. The number of fused-ring (bicyclic) bond motifs is 1. The average molecular weight is 292 g/mol. The predicted octanol–water partition coefficient (Wildman–Crippen LogP) is 5.03. The van der Waals surface area contributed by atoms with Crippen molar-refractivity contribution >= 4 is 5.78 Å². The monoisotopic (exact) mass is 292 g/mol. The van der Waals surface area contributed by atoms with Crippen molar-refractivity contribution < 1.29 is 14.3 Å². The molecule has 1 aromatic carbocycles. The summed E-state index contributed by atoms with van der Waals surface area (Å²) in [7, 11) is 0. The lowest BCUT2D eigenvalue weighted by atomic mass is 9.65. The molecule has 0 saturated heterocycles. The van der Waals surface area contributed by atoms with Crippen LogP contribution in [0.3, 0.4) is 0 Å². The third-order valence-electron chi connectivity index (χ3n) is 4.82. The molecule has 0 heterocycles. The topological polar surface area (TPSA) is 37.3 Å². The van der Waals surface area contributed by atoms with E-state index in [2.05, 4.69) is 13.8 Å². The summed E-state index contributed by atoms with van der Waals surface area (Å²) in [5.74, 6) is -0.511. The molecule has 2 rings (SSSR count). The van der Waals surface area contributed by atoms with Crippen LogP contribution in [0.5, 0.6) is 5.75 Å². The molecular formula is C18H25FO2. The van der Waals surface area contributed by atoms with Crippen LogP contribution in [0.25, 0.3) is 0 Å². The second-order valence-electron chi connectivity index (χ2n) is 6.24. The Morgan fingerprint density at radius 1 is 1.19 bits per heavy atom. The lowest BCUT2D eigenvalue weighted by Crippen LogP contribution is -2.37. The Kier molecular flexibility index (Phi) is 5.02. The maximum absolute atomic E-state index is 14.2. The maximum Gasteiger partial charge on any atom is 0.172 e. The van der Waals surface area contributed by atoms with Gasteiger partial charge in [0.05, 0.1) is 5.56 Å². The second kappa shape index (κ2) is 6.59. The summed E-state index contributed by atoms with van der Waals surface area (Å²) < 4.78 is 14.2. The summed E-state index contributed by atoms with van der Waals surface area (Å²) >= 11 is 0. The van der Waals surface area contributed by atoms with E-state index in [1.807, 2.05) is 0 Å². The van der Waals surface area contributed by atoms with Crippen LogP contribution in [-0.2, 0) is 6.42 Å². The Bertz CT molecular complexity index is 514. The van der Waals surface area contributed by atoms with Crippen LogP contribution >= 0.6 is 0 Å². The third kappa shape index (κ3) is 2.97. The fourth-order valence-electron chi connectivity index (χ4n) is 3.48. The molecule has 2 nitrogen and oxygen atoms in total. The van der Waals surface area contributed by atoms with Gasteiger partial charge in [0.2, 0.25) is 0 Å². The van der Waals surface area contributed by atoms with E-state index in [0.29, 0.717) is 12.0 Å². The summed E-state index contributed by atoms with van der Waals surface area (Å²) in [5.41, 5.74) is 0.227. The summed E-state index contributed by atoms with van der Waals surface area (Å²) in [6.07, 6.45) is 7.05. The molecule has 1 aromatic rings. The molecule has 0 bridgehead atoms. The van der Waals surface area contributed by atoms with Gasteiger partial charge < -0.3 is 5.11 Å². The van der Waals surface area contributed by atoms with Gasteiger partial charge in [-0.1, -0.05) is 39.5 Å². The van der Waals surface area contributed by atoms with E-state index >= 15 is 0 Å². The van der Waals surface area contributed by atoms with Crippen molar-refractivity contribution in [2.45, 2.75) is 65.2 Å². The number of carbonyl (C=O) groups excluding carboxylic acids is 1. The number of carbonyl (C=O) groups is 1. The quantitative estimate of drug-likeness (QED) is 0.798. The van der Waals surface area contributed by atoms with Gasteiger partial charge in [-0.15, -0.1) is 0 Å². The number of phenols is 1. The number of aromatic hydroxyl groups is 1. The zero-order valence-corrected chi connectivity index (χ0v) is 13.0. The molecule has 0 fully saturated rings. The van der Waals surface area contributed by atoms with Crippen molar-refractivity contribution in [3.8, 4) is 5.75 Å². The summed E-state index contributed by atoms with van der Waals surface area (Å²) in [4.78, 5) is 13.0. The zero-order chi connectivity index (χ0) is 15.5. The van der Waals surface area contributed by atoms with Crippen LogP contribution in [0.4, 0.5) is 4.39 Å². The second-order valence-corrected chi connectivity index (χ2v) is 6.24.